The summed E-state index contributed by atoms with van der Waals surface area (Å²) in [5, 5.41) is 1.08. The Morgan fingerprint density at radius 1 is 1.04 bits per heavy atom. The Hall–Kier alpha value is -1.73. The molecule has 2 aliphatic rings. The Morgan fingerprint density at radius 2 is 1.70 bits per heavy atom. The minimum absolute atomic E-state index is 0.152. The van der Waals surface area contributed by atoms with Gasteiger partial charge < -0.3 is 14.7 Å². The number of nitrogens with zero attached hydrogens (tertiary/aromatic N) is 5. The van der Waals surface area contributed by atoms with Gasteiger partial charge in [0.05, 0.1) is 10.3 Å². The normalized spacial score (nSPS) is 19.9. The number of carbonyl (C=O) groups is 1. The molecule has 0 bridgehead atoms. The highest BCUT2D eigenvalue weighted by Crippen LogP contribution is 2.37. The molecule has 0 unspecified atom stereocenters. The lowest BCUT2D eigenvalue weighted by atomic mass is 9.99. The molecule has 4 heterocycles. The summed E-state index contributed by atoms with van der Waals surface area (Å²) in [5.41, 5.74) is 1.05. The summed E-state index contributed by atoms with van der Waals surface area (Å²) in [6, 6.07) is 0. The van der Waals surface area contributed by atoms with Gasteiger partial charge in [0, 0.05) is 39.3 Å². The number of fused-ring (bicyclic) bond motifs is 1. The van der Waals surface area contributed by atoms with Crippen LogP contribution < -0.4 is 4.90 Å². The molecule has 0 atom stereocenters. The highest BCUT2D eigenvalue weighted by atomic mass is 32.1. The topological polar surface area (TPSA) is 52.6 Å². The number of carbonyl (C=O) groups excluding carboxylic acids is 1. The Bertz CT molecular complexity index is 848. The van der Waals surface area contributed by atoms with Crippen LogP contribution in [0, 0.1) is 19.8 Å². The third-order valence-electron chi connectivity index (χ3n) is 5.95. The number of likely N-dealkylation sites (N-methyl/N-ethyl adjacent to an activating group) is 1. The lowest BCUT2D eigenvalue weighted by Crippen LogP contribution is -2.47. The summed E-state index contributed by atoms with van der Waals surface area (Å²) >= 11 is 1.54. The monoisotopic (exact) mass is 387 g/mol. The highest BCUT2D eigenvalue weighted by Gasteiger charge is 2.28. The van der Waals surface area contributed by atoms with Gasteiger partial charge in [0.2, 0.25) is 0 Å². The number of thiophene rings is 1. The van der Waals surface area contributed by atoms with Crippen LogP contribution in [0.15, 0.2) is 0 Å². The van der Waals surface area contributed by atoms with E-state index in [2.05, 4.69) is 35.7 Å². The number of amides is 1. The predicted molar refractivity (Wildman–Crippen MR) is 111 cm³/mol. The second-order valence-corrected chi connectivity index (χ2v) is 9.09. The summed E-state index contributed by atoms with van der Waals surface area (Å²) in [5.74, 6) is 2.74. The van der Waals surface area contributed by atoms with Gasteiger partial charge in [0.1, 0.15) is 16.5 Å². The Labute approximate surface area is 165 Å². The zero-order chi connectivity index (χ0) is 19.1. The fourth-order valence-electron chi connectivity index (χ4n) is 4.03. The summed E-state index contributed by atoms with van der Waals surface area (Å²) < 4.78 is 0. The molecule has 0 radical (unpaired) electrons. The Morgan fingerprint density at radius 3 is 2.37 bits per heavy atom. The molecule has 0 spiro atoms. The van der Waals surface area contributed by atoms with Crippen molar-refractivity contribution in [2.45, 2.75) is 33.6 Å². The van der Waals surface area contributed by atoms with Crippen molar-refractivity contribution in [3.63, 3.8) is 0 Å². The SMILES string of the molecule is Cc1nc(N2CCC(C)CC2)c2c(C)c(C(=O)N3CCN(C)CC3)sc2n1. The quantitative estimate of drug-likeness (QED) is 0.793. The number of rotatable bonds is 2. The molecule has 6 nitrogen and oxygen atoms in total. The van der Waals surface area contributed by atoms with E-state index >= 15 is 0 Å². The third kappa shape index (κ3) is 3.55. The van der Waals surface area contributed by atoms with Crippen LogP contribution in [0.2, 0.25) is 0 Å². The molecule has 2 aromatic rings. The van der Waals surface area contributed by atoms with Gasteiger partial charge in [-0.25, -0.2) is 9.97 Å². The van der Waals surface area contributed by atoms with Gasteiger partial charge in [0.15, 0.2) is 0 Å². The van der Waals surface area contributed by atoms with E-state index in [0.717, 1.165) is 77.5 Å². The first kappa shape index (κ1) is 18.6. The maximum Gasteiger partial charge on any atom is 0.264 e. The van der Waals surface area contributed by atoms with Gasteiger partial charge in [-0.2, -0.15) is 0 Å². The van der Waals surface area contributed by atoms with E-state index in [1.807, 2.05) is 11.8 Å². The van der Waals surface area contributed by atoms with Gasteiger partial charge in [-0.05, 0) is 45.2 Å². The van der Waals surface area contributed by atoms with Gasteiger partial charge in [-0.1, -0.05) is 6.92 Å². The number of aryl methyl sites for hydroxylation is 2. The average molecular weight is 388 g/mol. The van der Waals surface area contributed by atoms with E-state index in [1.54, 1.807) is 0 Å². The maximum atomic E-state index is 13.2. The first-order valence-electron chi connectivity index (χ1n) is 9.94. The van der Waals surface area contributed by atoms with Crippen LogP contribution >= 0.6 is 11.3 Å². The van der Waals surface area contributed by atoms with Crippen molar-refractivity contribution in [1.29, 1.82) is 0 Å². The fraction of sp³-hybridized carbons (Fsp3) is 0.650. The molecule has 2 aromatic heterocycles. The maximum absolute atomic E-state index is 13.2. The van der Waals surface area contributed by atoms with Gasteiger partial charge >= 0.3 is 0 Å². The van der Waals surface area contributed by atoms with Crippen molar-refractivity contribution in [1.82, 2.24) is 19.8 Å². The van der Waals surface area contributed by atoms with Crippen LogP contribution in [0.5, 0.6) is 0 Å². The zero-order valence-electron chi connectivity index (χ0n) is 16.8. The van der Waals surface area contributed by atoms with Crippen molar-refractivity contribution >= 4 is 33.3 Å². The molecule has 0 aliphatic carbocycles. The first-order chi connectivity index (χ1) is 12.9. The Kier molecular flexibility index (Phi) is 5.07. The van der Waals surface area contributed by atoms with Crippen LogP contribution in [0.1, 0.15) is 40.8 Å². The fourth-order valence-corrected chi connectivity index (χ4v) is 5.22. The second kappa shape index (κ2) is 7.36. The van der Waals surface area contributed by atoms with Crippen LogP contribution in [-0.4, -0.2) is 72.0 Å². The number of aromatic nitrogens is 2. The second-order valence-electron chi connectivity index (χ2n) is 8.10. The molecular formula is C20H29N5OS. The molecule has 2 saturated heterocycles. The Balaban J connectivity index is 1.71. The van der Waals surface area contributed by atoms with Crippen LogP contribution in [0.25, 0.3) is 10.2 Å². The van der Waals surface area contributed by atoms with E-state index in [0.29, 0.717) is 0 Å². The van der Waals surface area contributed by atoms with E-state index in [9.17, 15) is 4.79 Å². The molecule has 27 heavy (non-hydrogen) atoms. The summed E-state index contributed by atoms with van der Waals surface area (Å²) in [6.45, 7) is 11.9. The van der Waals surface area contributed by atoms with E-state index < -0.39 is 0 Å². The van der Waals surface area contributed by atoms with E-state index in [-0.39, 0.29) is 5.91 Å². The molecule has 2 aliphatic heterocycles. The molecule has 2 fully saturated rings. The largest absolute Gasteiger partial charge is 0.356 e. The van der Waals surface area contributed by atoms with E-state index in [1.165, 1.54) is 24.2 Å². The minimum Gasteiger partial charge on any atom is -0.356 e. The van der Waals surface area contributed by atoms with Crippen molar-refractivity contribution in [3.05, 3.63) is 16.3 Å². The van der Waals surface area contributed by atoms with E-state index in [4.69, 9.17) is 4.98 Å². The molecule has 0 saturated carbocycles. The standard InChI is InChI=1S/C20H29N5OS/c1-13-5-7-24(8-6-13)18-16-14(2)17(27-19(16)22-15(3)21-18)20(26)25-11-9-23(4)10-12-25/h13H,5-12H2,1-4H3. The summed E-state index contributed by atoms with van der Waals surface area (Å²) in [6.07, 6.45) is 2.39. The molecule has 0 N–H and O–H groups in total. The van der Waals surface area contributed by atoms with Gasteiger partial charge in [-0.15, -0.1) is 11.3 Å². The van der Waals surface area contributed by atoms with Crippen molar-refractivity contribution in [2.24, 2.45) is 5.92 Å². The third-order valence-corrected chi connectivity index (χ3v) is 7.12. The van der Waals surface area contributed by atoms with Crippen molar-refractivity contribution in [3.8, 4) is 0 Å². The molecule has 1 amide bonds. The first-order valence-corrected chi connectivity index (χ1v) is 10.8. The molecular weight excluding hydrogens is 358 g/mol. The number of piperidine rings is 1. The number of hydrogen-bond donors (Lipinski definition) is 0. The number of anilines is 1. The van der Waals surface area contributed by atoms with Gasteiger partial charge in [-0.3, -0.25) is 4.79 Å². The average Bonchev–Trinajstić information content (AvgIpc) is 2.98. The molecule has 4 rings (SSSR count). The number of piperazine rings is 1. The van der Waals surface area contributed by atoms with Crippen LogP contribution in [0.4, 0.5) is 5.82 Å². The number of hydrogen-bond acceptors (Lipinski definition) is 6. The summed E-state index contributed by atoms with van der Waals surface area (Å²) in [7, 11) is 2.11. The highest BCUT2D eigenvalue weighted by molar-refractivity contribution is 7.20. The minimum atomic E-state index is 0.152. The lowest BCUT2D eigenvalue weighted by Gasteiger charge is -2.32. The van der Waals surface area contributed by atoms with Crippen molar-refractivity contribution in [2.75, 3.05) is 51.2 Å². The predicted octanol–water partition coefficient (Wildman–Crippen LogP) is 2.93. The van der Waals surface area contributed by atoms with Gasteiger partial charge in [0.25, 0.3) is 5.91 Å². The molecule has 7 heteroatoms. The summed E-state index contributed by atoms with van der Waals surface area (Å²) in [4.78, 5) is 31.1. The van der Waals surface area contributed by atoms with Crippen molar-refractivity contribution < 1.29 is 4.79 Å². The zero-order valence-corrected chi connectivity index (χ0v) is 17.6. The smallest absolute Gasteiger partial charge is 0.264 e. The molecule has 0 aromatic carbocycles. The van der Waals surface area contributed by atoms with Crippen LogP contribution in [0.3, 0.4) is 0 Å². The molecule has 146 valence electrons. The van der Waals surface area contributed by atoms with Crippen LogP contribution in [-0.2, 0) is 0 Å². The lowest BCUT2D eigenvalue weighted by molar-refractivity contribution is 0.0668.